The van der Waals surface area contributed by atoms with Crippen LogP contribution in [-0.4, -0.2) is 24.9 Å². The first kappa shape index (κ1) is 18.5. The molecular formula is C17H15FN8S. The quantitative estimate of drug-likeness (QED) is 0.506. The van der Waals surface area contributed by atoms with Crippen molar-refractivity contribution in [1.82, 2.24) is 24.9 Å². The molecule has 3 aromatic rings. The molecule has 1 aromatic carbocycles. The number of anilines is 3. The average molecular weight is 382 g/mol. The first-order valence-corrected chi connectivity index (χ1v) is 8.84. The van der Waals surface area contributed by atoms with Crippen molar-refractivity contribution in [3.05, 3.63) is 53.0 Å². The third kappa shape index (κ3) is 4.65. The summed E-state index contributed by atoms with van der Waals surface area (Å²) in [5.74, 6) is 1.32. The van der Waals surface area contributed by atoms with E-state index in [1.165, 1.54) is 23.9 Å². The molecule has 2 heterocycles. The molecule has 27 heavy (non-hydrogen) atoms. The van der Waals surface area contributed by atoms with Crippen LogP contribution in [0.15, 0.2) is 29.3 Å². The van der Waals surface area contributed by atoms with E-state index in [1.807, 2.05) is 0 Å². The summed E-state index contributed by atoms with van der Waals surface area (Å²) in [4.78, 5) is 21.0. The molecule has 0 unspecified atom stereocenters. The molecule has 0 radical (unpaired) electrons. The van der Waals surface area contributed by atoms with E-state index in [2.05, 4.69) is 36.3 Å². The highest BCUT2D eigenvalue weighted by molar-refractivity contribution is 7.98. The Kier molecular flexibility index (Phi) is 5.42. The summed E-state index contributed by atoms with van der Waals surface area (Å²) in [7, 11) is 0. The molecule has 10 heteroatoms. The number of nitrogens with one attached hydrogen (secondary N) is 1. The number of aryl methyl sites for hydroxylation is 2. The van der Waals surface area contributed by atoms with Gasteiger partial charge in [0.1, 0.15) is 34.1 Å². The van der Waals surface area contributed by atoms with Gasteiger partial charge in [-0.25, -0.2) is 14.4 Å². The van der Waals surface area contributed by atoms with E-state index in [1.54, 1.807) is 26.0 Å². The maximum absolute atomic E-state index is 13.0. The fourth-order valence-corrected chi connectivity index (χ4v) is 3.20. The van der Waals surface area contributed by atoms with E-state index in [0.717, 1.165) is 0 Å². The monoisotopic (exact) mass is 382 g/mol. The van der Waals surface area contributed by atoms with Crippen molar-refractivity contribution in [1.29, 1.82) is 5.26 Å². The van der Waals surface area contributed by atoms with E-state index in [0.29, 0.717) is 39.4 Å². The predicted molar refractivity (Wildman–Crippen MR) is 99.7 cm³/mol. The number of hydrogen-bond donors (Lipinski definition) is 2. The molecule has 0 aliphatic heterocycles. The lowest BCUT2D eigenvalue weighted by atomic mass is 10.3. The Hall–Kier alpha value is -3.32. The molecular weight excluding hydrogens is 367 g/mol. The lowest BCUT2D eigenvalue weighted by molar-refractivity contribution is 0.628. The smallest absolute Gasteiger partial charge is 0.232 e. The zero-order valence-corrected chi connectivity index (χ0v) is 15.4. The standard InChI is InChI=1S/C17H15FN8S/c1-9-13(7-19)15(22-10(2)21-9)27-8-14-24-16(20)26-17(25-14)23-12-5-3-11(18)4-6-12/h3-6H,8H2,1-2H3,(H3,20,23,24,25,26). The second-order valence-electron chi connectivity index (χ2n) is 5.50. The Morgan fingerprint density at radius 2 is 1.85 bits per heavy atom. The van der Waals surface area contributed by atoms with Gasteiger partial charge in [-0.1, -0.05) is 11.8 Å². The molecule has 0 saturated heterocycles. The van der Waals surface area contributed by atoms with Crippen LogP contribution in [0, 0.1) is 31.0 Å². The predicted octanol–water partition coefficient (Wildman–Crippen LogP) is 2.91. The summed E-state index contributed by atoms with van der Waals surface area (Å²) in [6, 6.07) is 7.90. The minimum absolute atomic E-state index is 0.0563. The lowest BCUT2D eigenvalue weighted by Gasteiger charge is -2.08. The van der Waals surface area contributed by atoms with Crippen LogP contribution in [0.4, 0.5) is 22.0 Å². The third-order valence-corrected chi connectivity index (χ3v) is 4.39. The fourth-order valence-electron chi connectivity index (χ4n) is 2.27. The van der Waals surface area contributed by atoms with Gasteiger partial charge in [0.05, 0.1) is 11.4 Å². The molecule has 0 atom stereocenters. The fraction of sp³-hybridized carbons (Fsp3) is 0.176. The SMILES string of the molecule is Cc1nc(C)c(C#N)c(SCc2nc(N)nc(Nc3ccc(F)cc3)n2)n1. The van der Waals surface area contributed by atoms with Gasteiger partial charge in [0.15, 0.2) is 0 Å². The van der Waals surface area contributed by atoms with Crippen molar-refractivity contribution in [2.45, 2.75) is 24.6 Å². The first-order chi connectivity index (χ1) is 12.9. The minimum Gasteiger partial charge on any atom is -0.368 e. The Morgan fingerprint density at radius 3 is 2.56 bits per heavy atom. The van der Waals surface area contributed by atoms with Crippen LogP contribution in [0.2, 0.25) is 0 Å². The number of nitriles is 1. The number of hydrogen-bond acceptors (Lipinski definition) is 9. The van der Waals surface area contributed by atoms with Gasteiger partial charge in [-0.2, -0.15) is 20.2 Å². The Morgan fingerprint density at radius 1 is 1.11 bits per heavy atom. The second-order valence-corrected chi connectivity index (χ2v) is 6.47. The van der Waals surface area contributed by atoms with Crippen molar-refractivity contribution in [3.63, 3.8) is 0 Å². The summed E-state index contributed by atoms with van der Waals surface area (Å²) < 4.78 is 13.0. The maximum atomic E-state index is 13.0. The highest BCUT2D eigenvalue weighted by Crippen LogP contribution is 2.25. The molecule has 0 spiro atoms. The molecule has 3 rings (SSSR count). The van der Waals surface area contributed by atoms with Crippen LogP contribution in [0.1, 0.15) is 22.9 Å². The van der Waals surface area contributed by atoms with Gasteiger partial charge in [0, 0.05) is 5.69 Å². The molecule has 0 aliphatic carbocycles. The van der Waals surface area contributed by atoms with E-state index in [-0.39, 0.29) is 17.7 Å². The zero-order chi connectivity index (χ0) is 19.4. The Labute approximate surface area is 159 Å². The molecule has 0 aliphatic rings. The first-order valence-electron chi connectivity index (χ1n) is 7.86. The van der Waals surface area contributed by atoms with Crippen molar-refractivity contribution in [2.24, 2.45) is 0 Å². The number of nitrogen functional groups attached to an aromatic ring is 1. The molecule has 2 aromatic heterocycles. The Bertz CT molecular complexity index is 1020. The highest BCUT2D eigenvalue weighted by Gasteiger charge is 2.12. The second kappa shape index (κ2) is 7.92. The summed E-state index contributed by atoms with van der Waals surface area (Å²) in [6.45, 7) is 3.53. The molecule has 136 valence electrons. The number of benzene rings is 1. The van der Waals surface area contributed by atoms with Gasteiger partial charge in [-0.05, 0) is 38.1 Å². The molecule has 8 nitrogen and oxygen atoms in total. The van der Waals surface area contributed by atoms with E-state index >= 15 is 0 Å². The summed E-state index contributed by atoms with van der Waals surface area (Å²) in [5.41, 5.74) is 7.44. The normalized spacial score (nSPS) is 10.4. The van der Waals surface area contributed by atoms with Gasteiger partial charge in [0.25, 0.3) is 0 Å². The van der Waals surface area contributed by atoms with Crippen LogP contribution in [0.25, 0.3) is 0 Å². The lowest BCUT2D eigenvalue weighted by Crippen LogP contribution is -2.07. The summed E-state index contributed by atoms with van der Waals surface area (Å²) in [5, 5.41) is 12.8. The van der Waals surface area contributed by atoms with Crippen molar-refractivity contribution < 1.29 is 4.39 Å². The molecule has 0 saturated carbocycles. The van der Waals surface area contributed by atoms with Crippen molar-refractivity contribution in [2.75, 3.05) is 11.1 Å². The number of nitrogens with two attached hydrogens (primary N) is 1. The van der Waals surface area contributed by atoms with Crippen LogP contribution in [-0.2, 0) is 5.75 Å². The third-order valence-electron chi connectivity index (χ3n) is 3.42. The molecule has 0 fully saturated rings. The minimum atomic E-state index is -0.337. The van der Waals surface area contributed by atoms with Gasteiger partial charge < -0.3 is 11.1 Å². The summed E-state index contributed by atoms with van der Waals surface area (Å²) in [6.07, 6.45) is 0. The van der Waals surface area contributed by atoms with E-state index in [4.69, 9.17) is 5.73 Å². The number of halogens is 1. The van der Waals surface area contributed by atoms with Gasteiger partial charge in [-0.3, -0.25) is 0 Å². The zero-order valence-electron chi connectivity index (χ0n) is 14.6. The number of rotatable bonds is 5. The van der Waals surface area contributed by atoms with Crippen LogP contribution < -0.4 is 11.1 Å². The van der Waals surface area contributed by atoms with Crippen LogP contribution in [0.5, 0.6) is 0 Å². The molecule has 0 bridgehead atoms. The molecule has 0 amide bonds. The highest BCUT2D eigenvalue weighted by atomic mass is 32.2. The van der Waals surface area contributed by atoms with Gasteiger partial charge in [-0.15, -0.1) is 0 Å². The Balaban J connectivity index is 1.79. The van der Waals surface area contributed by atoms with Crippen molar-refractivity contribution >= 4 is 29.3 Å². The maximum Gasteiger partial charge on any atom is 0.232 e. The number of thioether (sulfide) groups is 1. The topological polar surface area (TPSA) is 126 Å². The van der Waals surface area contributed by atoms with Gasteiger partial charge >= 0.3 is 0 Å². The molecule has 3 N–H and O–H groups in total. The number of nitrogens with zero attached hydrogens (tertiary/aromatic N) is 6. The largest absolute Gasteiger partial charge is 0.368 e. The summed E-state index contributed by atoms with van der Waals surface area (Å²) >= 11 is 1.32. The van der Waals surface area contributed by atoms with Crippen LogP contribution >= 0.6 is 11.8 Å². The van der Waals surface area contributed by atoms with Gasteiger partial charge in [0.2, 0.25) is 11.9 Å². The van der Waals surface area contributed by atoms with E-state index in [9.17, 15) is 9.65 Å². The number of aromatic nitrogens is 5. The van der Waals surface area contributed by atoms with E-state index < -0.39 is 0 Å². The average Bonchev–Trinajstić information content (AvgIpc) is 2.61. The van der Waals surface area contributed by atoms with Crippen molar-refractivity contribution in [3.8, 4) is 6.07 Å². The van der Waals surface area contributed by atoms with Crippen LogP contribution in [0.3, 0.4) is 0 Å².